The Labute approximate surface area is 227 Å². The molecule has 1 aliphatic heterocycles. The third-order valence-corrected chi connectivity index (χ3v) is 7.44. The molecule has 0 unspecified atom stereocenters. The molecule has 2 aromatic carbocycles. The van der Waals surface area contributed by atoms with Crippen molar-refractivity contribution in [3.8, 4) is 11.5 Å². The monoisotopic (exact) mass is 547 g/mol. The van der Waals surface area contributed by atoms with E-state index in [1.54, 1.807) is 24.3 Å². The summed E-state index contributed by atoms with van der Waals surface area (Å²) in [5.41, 5.74) is 1.62. The molecular weight excluding hydrogens is 522 g/mol. The molecule has 0 radical (unpaired) electrons. The van der Waals surface area contributed by atoms with Crippen molar-refractivity contribution < 1.29 is 34.1 Å². The normalized spacial score (nSPS) is 17.4. The van der Waals surface area contributed by atoms with Gasteiger partial charge >= 0.3 is 11.7 Å². The van der Waals surface area contributed by atoms with E-state index in [0.717, 1.165) is 18.2 Å². The number of hydrogen-bond donors (Lipinski definition) is 1. The molecule has 206 valence electrons. The first-order chi connectivity index (χ1) is 19.2. The Kier molecular flexibility index (Phi) is 7.16. The zero-order valence-electron chi connectivity index (χ0n) is 21.3. The third kappa shape index (κ3) is 4.83. The van der Waals surface area contributed by atoms with Crippen molar-refractivity contribution >= 4 is 28.9 Å². The van der Waals surface area contributed by atoms with Crippen molar-refractivity contribution in [1.82, 2.24) is 4.90 Å². The first kappa shape index (κ1) is 26.7. The van der Waals surface area contributed by atoms with Crippen LogP contribution in [0.25, 0.3) is 0 Å². The minimum absolute atomic E-state index is 0.132. The number of para-hydroxylation sites is 1. The fraction of sp³-hybridized carbons (Fsp3) is 0.321. The Morgan fingerprint density at radius 3 is 2.10 bits per heavy atom. The van der Waals surface area contributed by atoms with Gasteiger partial charge in [0.25, 0.3) is 5.69 Å². The molecular formula is C28H25N3O9. The number of rotatable bonds is 8. The Morgan fingerprint density at radius 2 is 1.52 bits per heavy atom. The van der Waals surface area contributed by atoms with Gasteiger partial charge in [-0.15, -0.1) is 0 Å². The lowest BCUT2D eigenvalue weighted by Crippen LogP contribution is -2.40. The van der Waals surface area contributed by atoms with E-state index in [1.807, 2.05) is 4.90 Å². The van der Waals surface area contributed by atoms with Gasteiger partial charge in [-0.2, -0.15) is 0 Å². The highest BCUT2D eigenvalue weighted by Gasteiger charge is 2.44. The van der Waals surface area contributed by atoms with Crippen molar-refractivity contribution in [2.75, 3.05) is 6.54 Å². The fourth-order valence-electron chi connectivity index (χ4n) is 5.78. The number of ether oxygens (including phenoxy) is 1. The maximum Gasteiger partial charge on any atom is 0.318 e. The minimum Gasteiger partial charge on any atom is -0.481 e. The summed E-state index contributed by atoms with van der Waals surface area (Å²) in [6.45, 7) is 0.132. The topological polar surface area (TPSA) is 170 Å². The number of hydrogen-bond acceptors (Lipinski definition) is 9. The Morgan fingerprint density at radius 1 is 0.900 bits per heavy atom. The molecule has 5 rings (SSSR count). The maximum atomic E-state index is 13.5. The highest BCUT2D eigenvalue weighted by Crippen LogP contribution is 2.51. The number of ketones is 2. The van der Waals surface area contributed by atoms with Crippen LogP contribution in [0.3, 0.4) is 0 Å². The zero-order valence-corrected chi connectivity index (χ0v) is 21.3. The summed E-state index contributed by atoms with van der Waals surface area (Å²) in [6, 6.07) is 9.69. The second-order valence-electron chi connectivity index (χ2n) is 9.81. The number of allylic oxidation sites excluding steroid dienone is 4. The molecule has 0 spiro atoms. The molecule has 0 bridgehead atoms. The van der Waals surface area contributed by atoms with Crippen LogP contribution in [-0.2, 0) is 14.4 Å². The van der Waals surface area contributed by atoms with E-state index in [0.29, 0.717) is 53.8 Å². The first-order valence-electron chi connectivity index (χ1n) is 12.9. The van der Waals surface area contributed by atoms with Gasteiger partial charge in [0.2, 0.25) is 5.75 Å². The van der Waals surface area contributed by atoms with Gasteiger partial charge in [-0.25, -0.2) is 0 Å². The average Bonchev–Trinajstić information content (AvgIpc) is 2.92. The zero-order chi connectivity index (χ0) is 28.6. The van der Waals surface area contributed by atoms with Crippen molar-refractivity contribution in [3.63, 3.8) is 0 Å². The predicted molar refractivity (Wildman–Crippen MR) is 140 cm³/mol. The largest absolute Gasteiger partial charge is 0.481 e. The number of carbonyl (C=O) groups is 3. The van der Waals surface area contributed by atoms with Gasteiger partial charge in [-0.3, -0.25) is 34.6 Å². The summed E-state index contributed by atoms with van der Waals surface area (Å²) in [4.78, 5) is 61.6. The van der Waals surface area contributed by atoms with Crippen LogP contribution in [-0.4, -0.2) is 43.9 Å². The van der Waals surface area contributed by atoms with Gasteiger partial charge in [0.05, 0.1) is 22.3 Å². The first-order valence-corrected chi connectivity index (χ1v) is 12.9. The van der Waals surface area contributed by atoms with Gasteiger partial charge in [0.15, 0.2) is 11.6 Å². The number of benzene rings is 2. The number of Topliss-reactive ketones (excluding diaryl/α,β-unsaturated/α-hetero) is 2. The Hall–Kier alpha value is -4.87. The Balaban J connectivity index is 1.67. The number of carboxylic acid groups (broad SMARTS) is 1. The number of non-ortho nitro benzene ring substituents is 1. The Bertz CT molecular complexity index is 1480. The van der Waals surface area contributed by atoms with E-state index in [-0.39, 0.29) is 48.9 Å². The molecule has 12 nitrogen and oxygen atoms in total. The quantitative estimate of drug-likeness (QED) is 0.343. The third-order valence-electron chi connectivity index (χ3n) is 7.44. The number of nitrogens with zero attached hydrogens (tertiary/aromatic N) is 3. The van der Waals surface area contributed by atoms with Crippen LogP contribution in [0.2, 0.25) is 0 Å². The lowest BCUT2D eigenvalue weighted by Gasteiger charge is -2.44. The molecule has 1 heterocycles. The molecule has 40 heavy (non-hydrogen) atoms. The highest BCUT2D eigenvalue weighted by atomic mass is 16.6. The lowest BCUT2D eigenvalue weighted by molar-refractivity contribution is -0.394. The SMILES string of the molecule is O=C(O)CCN1C2=C(C(=O)CCC2)C(c2ccccc2Oc2ccc([N+](=O)[O-])cc2[N+](=O)[O-])C2=C1CCCC2=O. The number of aliphatic carboxylic acids is 1. The van der Waals surface area contributed by atoms with Crippen molar-refractivity contribution in [1.29, 1.82) is 0 Å². The maximum absolute atomic E-state index is 13.5. The fourth-order valence-corrected chi connectivity index (χ4v) is 5.78. The lowest BCUT2D eigenvalue weighted by atomic mass is 9.70. The molecule has 0 saturated carbocycles. The molecule has 0 fully saturated rings. The standard InChI is InChI=1S/C28H25N3O9/c32-21-8-3-6-18-27(21)26(28-19(7-4-9-22(28)33)29(18)14-13-25(34)35)17-5-1-2-10-23(17)40-24-12-11-16(30(36)37)15-20(24)31(38)39/h1-2,5,10-12,15,26H,3-4,6-9,13-14H2,(H,34,35). The van der Waals surface area contributed by atoms with Gasteiger partial charge in [-0.1, -0.05) is 18.2 Å². The van der Waals surface area contributed by atoms with Crippen LogP contribution in [0.15, 0.2) is 65.0 Å². The molecule has 0 aromatic heterocycles. The number of nitro groups is 2. The number of nitro benzene ring substituents is 2. The molecule has 0 saturated heterocycles. The smallest absolute Gasteiger partial charge is 0.318 e. The van der Waals surface area contributed by atoms with E-state index in [9.17, 15) is 39.7 Å². The van der Waals surface area contributed by atoms with Gasteiger partial charge in [0, 0.05) is 59.5 Å². The van der Waals surface area contributed by atoms with E-state index >= 15 is 0 Å². The van der Waals surface area contributed by atoms with E-state index in [2.05, 4.69) is 0 Å². The molecule has 0 amide bonds. The van der Waals surface area contributed by atoms with Crippen molar-refractivity contribution in [2.24, 2.45) is 0 Å². The molecule has 1 N–H and O–H groups in total. The second-order valence-corrected chi connectivity index (χ2v) is 9.81. The molecule has 12 heteroatoms. The van der Waals surface area contributed by atoms with E-state index in [1.165, 1.54) is 0 Å². The van der Waals surface area contributed by atoms with Crippen LogP contribution in [0.5, 0.6) is 11.5 Å². The summed E-state index contributed by atoms with van der Waals surface area (Å²) in [6.07, 6.45) is 2.66. The summed E-state index contributed by atoms with van der Waals surface area (Å²) in [7, 11) is 0. The molecule has 3 aliphatic rings. The highest BCUT2D eigenvalue weighted by molar-refractivity contribution is 6.06. The van der Waals surface area contributed by atoms with E-state index in [4.69, 9.17) is 4.74 Å². The molecule has 0 atom stereocenters. The van der Waals surface area contributed by atoms with E-state index < -0.39 is 33.1 Å². The summed E-state index contributed by atoms with van der Waals surface area (Å²) >= 11 is 0. The van der Waals surface area contributed by atoms with Crippen LogP contribution in [0.4, 0.5) is 11.4 Å². The van der Waals surface area contributed by atoms with Crippen LogP contribution in [0.1, 0.15) is 56.4 Å². The summed E-state index contributed by atoms with van der Waals surface area (Å²) in [5, 5.41) is 32.3. The number of carbonyl (C=O) groups excluding carboxylic acids is 2. The average molecular weight is 548 g/mol. The van der Waals surface area contributed by atoms with Gasteiger partial charge < -0.3 is 14.7 Å². The summed E-state index contributed by atoms with van der Waals surface area (Å²) in [5.74, 6) is -2.13. The minimum atomic E-state index is -0.987. The van der Waals surface area contributed by atoms with Crippen LogP contribution >= 0.6 is 0 Å². The second kappa shape index (κ2) is 10.7. The molecule has 2 aromatic rings. The van der Waals surface area contributed by atoms with Gasteiger partial charge in [0.1, 0.15) is 5.75 Å². The van der Waals surface area contributed by atoms with Crippen LogP contribution < -0.4 is 4.74 Å². The van der Waals surface area contributed by atoms with Gasteiger partial charge in [-0.05, 0) is 37.8 Å². The molecule has 2 aliphatic carbocycles. The van der Waals surface area contributed by atoms with Crippen molar-refractivity contribution in [3.05, 3.63) is 90.8 Å². The number of carboxylic acids is 1. The predicted octanol–water partition coefficient (Wildman–Crippen LogP) is 5.18. The van der Waals surface area contributed by atoms with Crippen LogP contribution in [0, 0.1) is 20.2 Å². The van der Waals surface area contributed by atoms with Crippen molar-refractivity contribution in [2.45, 2.75) is 50.9 Å². The summed E-state index contributed by atoms with van der Waals surface area (Å²) < 4.78 is 6.00.